The van der Waals surface area contributed by atoms with Gasteiger partial charge in [-0.25, -0.2) is 0 Å². The van der Waals surface area contributed by atoms with Crippen LogP contribution in [0.25, 0.3) is 0 Å². The Labute approximate surface area is 91.4 Å². The van der Waals surface area contributed by atoms with Crippen LogP contribution in [0.15, 0.2) is 21.2 Å². The molecule has 0 radical (unpaired) electrons. The summed E-state index contributed by atoms with van der Waals surface area (Å²) < 4.78 is 6.18. The van der Waals surface area contributed by atoms with Gasteiger partial charge in [-0.3, -0.25) is 0 Å². The van der Waals surface area contributed by atoms with E-state index < -0.39 is 0 Å². The van der Waals surface area contributed by atoms with E-state index in [2.05, 4.69) is 15.9 Å². The van der Waals surface area contributed by atoms with Gasteiger partial charge in [-0.1, -0.05) is 0 Å². The largest absolute Gasteiger partial charge is 0.452 e. The maximum Gasteiger partial charge on any atom is 0.169 e. The van der Waals surface area contributed by atoms with Crippen LogP contribution in [0.1, 0.15) is 31.4 Å². The number of aliphatic hydroxyl groups excluding tert-OH is 1. The summed E-state index contributed by atoms with van der Waals surface area (Å²) in [6.07, 6.45) is 2.90. The Hall–Kier alpha value is -0.320. The van der Waals surface area contributed by atoms with Crippen LogP contribution < -0.4 is 5.73 Å². The highest BCUT2D eigenvalue weighted by molar-refractivity contribution is 9.10. The molecule has 0 atom stereocenters. The van der Waals surface area contributed by atoms with E-state index in [1.807, 2.05) is 12.1 Å². The summed E-state index contributed by atoms with van der Waals surface area (Å²) in [6, 6.07) is 3.76. The molecule has 0 aromatic carbocycles. The van der Waals surface area contributed by atoms with Gasteiger partial charge in [-0.05, 0) is 53.7 Å². The molecule has 2 rings (SSSR count). The zero-order valence-electron chi connectivity index (χ0n) is 7.87. The molecule has 3 N–H and O–H groups in total. The van der Waals surface area contributed by atoms with Crippen molar-refractivity contribution in [1.29, 1.82) is 0 Å². The second kappa shape index (κ2) is 3.68. The van der Waals surface area contributed by atoms with Gasteiger partial charge >= 0.3 is 0 Å². The molecule has 1 fully saturated rings. The van der Waals surface area contributed by atoms with Crippen molar-refractivity contribution in [3.8, 4) is 0 Å². The summed E-state index contributed by atoms with van der Waals surface area (Å²) in [7, 11) is 0. The SMILES string of the molecule is NC1(c2ccc(Br)o2)CCC(O)CC1. The predicted molar refractivity (Wildman–Crippen MR) is 56.7 cm³/mol. The van der Waals surface area contributed by atoms with E-state index in [-0.39, 0.29) is 11.6 Å². The first kappa shape index (κ1) is 10.2. The van der Waals surface area contributed by atoms with Crippen LogP contribution in [0.2, 0.25) is 0 Å². The van der Waals surface area contributed by atoms with Gasteiger partial charge in [0.2, 0.25) is 0 Å². The molecule has 0 aliphatic heterocycles. The van der Waals surface area contributed by atoms with Crippen molar-refractivity contribution < 1.29 is 9.52 Å². The lowest BCUT2D eigenvalue weighted by Crippen LogP contribution is -2.41. The standard InChI is InChI=1S/C10H14BrNO2/c11-9-2-1-8(14-9)10(12)5-3-7(13)4-6-10/h1-2,7,13H,3-6,12H2. The summed E-state index contributed by atoms with van der Waals surface area (Å²) in [5.41, 5.74) is 5.85. The minimum Gasteiger partial charge on any atom is -0.452 e. The highest BCUT2D eigenvalue weighted by atomic mass is 79.9. The maximum atomic E-state index is 9.40. The van der Waals surface area contributed by atoms with E-state index in [4.69, 9.17) is 10.2 Å². The Bertz CT molecular complexity index is 316. The normalized spacial score (nSPS) is 33.2. The van der Waals surface area contributed by atoms with Crippen molar-refractivity contribution >= 4 is 15.9 Å². The van der Waals surface area contributed by atoms with Gasteiger partial charge in [-0.15, -0.1) is 0 Å². The zero-order valence-corrected chi connectivity index (χ0v) is 9.46. The lowest BCUT2D eigenvalue weighted by Gasteiger charge is -2.33. The Kier molecular flexibility index (Phi) is 2.68. The van der Waals surface area contributed by atoms with Crippen molar-refractivity contribution in [2.45, 2.75) is 37.3 Å². The maximum absolute atomic E-state index is 9.40. The molecule has 78 valence electrons. The molecule has 0 bridgehead atoms. The minimum atomic E-state index is -0.384. The number of nitrogens with two attached hydrogens (primary N) is 1. The van der Waals surface area contributed by atoms with Crippen LogP contribution in [0, 0.1) is 0 Å². The first-order valence-corrected chi connectivity index (χ1v) is 5.62. The third-order valence-corrected chi connectivity index (χ3v) is 3.34. The number of halogens is 1. The Morgan fingerprint density at radius 3 is 2.57 bits per heavy atom. The van der Waals surface area contributed by atoms with Crippen molar-refractivity contribution in [2.24, 2.45) is 5.73 Å². The van der Waals surface area contributed by atoms with Gasteiger partial charge in [-0.2, -0.15) is 0 Å². The van der Waals surface area contributed by atoms with Gasteiger partial charge < -0.3 is 15.3 Å². The Morgan fingerprint density at radius 2 is 2.07 bits per heavy atom. The van der Waals surface area contributed by atoms with Crippen LogP contribution in [-0.2, 0) is 5.54 Å². The number of furan rings is 1. The summed E-state index contributed by atoms with van der Waals surface area (Å²) in [5, 5.41) is 9.40. The molecular weight excluding hydrogens is 246 g/mol. The third-order valence-electron chi connectivity index (χ3n) is 2.91. The van der Waals surface area contributed by atoms with Gasteiger partial charge in [0.1, 0.15) is 5.76 Å². The van der Waals surface area contributed by atoms with E-state index in [0.717, 1.165) is 31.4 Å². The molecule has 14 heavy (non-hydrogen) atoms. The van der Waals surface area contributed by atoms with E-state index in [9.17, 15) is 5.11 Å². The summed E-state index contributed by atoms with van der Waals surface area (Å²) in [6.45, 7) is 0. The average molecular weight is 260 g/mol. The summed E-state index contributed by atoms with van der Waals surface area (Å²) >= 11 is 3.26. The van der Waals surface area contributed by atoms with Crippen molar-refractivity contribution in [3.63, 3.8) is 0 Å². The fourth-order valence-electron chi connectivity index (χ4n) is 1.95. The van der Waals surface area contributed by atoms with Crippen molar-refractivity contribution in [2.75, 3.05) is 0 Å². The predicted octanol–water partition coefficient (Wildman–Crippen LogP) is 2.13. The second-order valence-electron chi connectivity index (χ2n) is 3.99. The summed E-state index contributed by atoms with van der Waals surface area (Å²) in [5.74, 6) is 0.816. The van der Waals surface area contributed by atoms with E-state index >= 15 is 0 Å². The van der Waals surface area contributed by atoms with Crippen LogP contribution >= 0.6 is 15.9 Å². The number of hydrogen-bond acceptors (Lipinski definition) is 3. The molecule has 0 amide bonds. The van der Waals surface area contributed by atoms with Crippen molar-refractivity contribution in [3.05, 3.63) is 22.6 Å². The van der Waals surface area contributed by atoms with Crippen LogP contribution in [0.5, 0.6) is 0 Å². The zero-order chi connectivity index (χ0) is 10.2. The molecule has 1 saturated carbocycles. The molecule has 1 aliphatic carbocycles. The second-order valence-corrected chi connectivity index (χ2v) is 4.77. The van der Waals surface area contributed by atoms with E-state index in [0.29, 0.717) is 4.67 Å². The highest BCUT2D eigenvalue weighted by Gasteiger charge is 2.35. The minimum absolute atomic E-state index is 0.190. The molecule has 0 saturated heterocycles. The Balaban J connectivity index is 2.16. The molecule has 0 spiro atoms. The van der Waals surface area contributed by atoms with Crippen LogP contribution in [0.3, 0.4) is 0 Å². The molecule has 1 aromatic rings. The number of aliphatic hydroxyl groups is 1. The quantitative estimate of drug-likeness (QED) is 0.813. The lowest BCUT2D eigenvalue weighted by molar-refractivity contribution is 0.0890. The topological polar surface area (TPSA) is 59.4 Å². The fraction of sp³-hybridized carbons (Fsp3) is 0.600. The summed E-state index contributed by atoms with van der Waals surface area (Å²) in [4.78, 5) is 0. The molecule has 1 aliphatic rings. The van der Waals surface area contributed by atoms with Crippen LogP contribution in [-0.4, -0.2) is 11.2 Å². The van der Waals surface area contributed by atoms with Crippen molar-refractivity contribution in [1.82, 2.24) is 0 Å². The molecule has 4 heteroatoms. The fourth-order valence-corrected chi connectivity index (χ4v) is 2.25. The third kappa shape index (κ3) is 1.87. The van der Waals surface area contributed by atoms with Crippen LogP contribution in [0.4, 0.5) is 0 Å². The number of hydrogen-bond donors (Lipinski definition) is 2. The average Bonchev–Trinajstić information content (AvgIpc) is 2.58. The molecule has 1 aromatic heterocycles. The highest BCUT2D eigenvalue weighted by Crippen LogP contribution is 2.36. The Morgan fingerprint density at radius 1 is 1.43 bits per heavy atom. The van der Waals surface area contributed by atoms with Gasteiger partial charge in [0.05, 0.1) is 11.6 Å². The number of rotatable bonds is 1. The molecule has 3 nitrogen and oxygen atoms in total. The van der Waals surface area contributed by atoms with E-state index in [1.165, 1.54) is 0 Å². The van der Waals surface area contributed by atoms with Gasteiger partial charge in [0.25, 0.3) is 0 Å². The smallest absolute Gasteiger partial charge is 0.169 e. The van der Waals surface area contributed by atoms with Gasteiger partial charge in [0.15, 0.2) is 4.67 Å². The first-order valence-electron chi connectivity index (χ1n) is 4.83. The molecule has 1 heterocycles. The van der Waals surface area contributed by atoms with E-state index in [1.54, 1.807) is 0 Å². The molecule has 0 unspecified atom stereocenters. The monoisotopic (exact) mass is 259 g/mol. The molecular formula is C10H14BrNO2. The first-order chi connectivity index (χ1) is 6.60. The lowest BCUT2D eigenvalue weighted by atomic mass is 9.79. The van der Waals surface area contributed by atoms with Gasteiger partial charge in [0, 0.05) is 0 Å².